The highest BCUT2D eigenvalue weighted by Crippen LogP contribution is 2.31. The third kappa shape index (κ3) is 4.69. The van der Waals surface area contributed by atoms with Gasteiger partial charge in [0.05, 0.1) is 12.8 Å². The van der Waals surface area contributed by atoms with Crippen molar-refractivity contribution in [3.8, 4) is 5.75 Å². The fourth-order valence-electron chi connectivity index (χ4n) is 3.20. The van der Waals surface area contributed by atoms with Crippen molar-refractivity contribution in [1.82, 2.24) is 0 Å². The van der Waals surface area contributed by atoms with E-state index in [1.165, 1.54) is 0 Å². The molecule has 3 aromatic rings. The van der Waals surface area contributed by atoms with Crippen LogP contribution in [0.2, 0.25) is 5.02 Å². The molecule has 0 bridgehead atoms. The van der Waals surface area contributed by atoms with Crippen LogP contribution < -0.4 is 20.3 Å². The highest BCUT2D eigenvalue weighted by Gasteiger charge is 2.38. The number of anilines is 3. The first-order valence-electron chi connectivity index (χ1n) is 9.74. The summed E-state index contributed by atoms with van der Waals surface area (Å²) in [5.41, 5.74) is 1.63. The zero-order chi connectivity index (χ0) is 23.5. The van der Waals surface area contributed by atoms with Crippen LogP contribution in [0.3, 0.4) is 0 Å². The predicted octanol–water partition coefficient (Wildman–Crippen LogP) is 5.04. The second kappa shape index (κ2) is 9.36. The number of hydrogen-bond donors (Lipinski definition) is 2. The SMILES string of the molecule is COc1ccc(NC(=O)c2cccc(NC3=C(Cl)C(=O)N(c4ccc(Cl)cc4)C3=O)c2)cc1. The van der Waals surface area contributed by atoms with Crippen molar-refractivity contribution in [2.75, 3.05) is 22.6 Å². The van der Waals surface area contributed by atoms with Crippen molar-refractivity contribution in [2.45, 2.75) is 0 Å². The fourth-order valence-corrected chi connectivity index (χ4v) is 3.53. The van der Waals surface area contributed by atoms with Crippen LogP contribution >= 0.6 is 23.2 Å². The number of hydrogen-bond acceptors (Lipinski definition) is 5. The van der Waals surface area contributed by atoms with Crippen molar-refractivity contribution in [3.05, 3.63) is 94.1 Å². The Morgan fingerprint density at radius 2 is 1.58 bits per heavy atom. The summed E-state index contributed by atoms with van der Waals surface area (Å²) in [6, 6.07) is 19.6. The molecule has 0 spiro atoms. The molecule has 0 unspecified atom stereocenters. The first-order valence-corrected chi connectivity index (χ1v) is 10.5. The summed E-state index contributed by atoms with van der Waals surface area (Å²) in [6.45, 7) is 0. The maximum atomic E-state index is 12.9. The van der Waals surface area contributed by atoms with Gasteiger partial charge in [0.15, 0.2) is 0 Å². The van der Waals surface area contributed by atoms with Gasteiger partial charge in [-0.3, -0.25) is 14.4 Å². The molecule has 1 heterocycles. The number of imide groups is 1. The number of nitrogens with zero attached hydrogens (tertiary/aromatic N) is 1. The Morgan fingerprint density at radius 1 is 0.879 bits per heavy atom. The number of rotatable bonds is 6. The van der Waals surface area contributed by atoms with E-state index in [0.29, 0.717) is 33.4 Å². The lowest BCUT2D eigenvalue weighted by molar-refractivity contribution is -0.120. The zero-order valence-electron chi connectivity index (χ0n) is 17.3. The van der Waals surface area contributed by atoms with E-state index in [0.717, 1.165) is 4.90 Å². The Kier molecular flexibility index (Phi) is 6.35. The molecule has 9 heteroatoms. The monoisotopic (exact) mass is 481 g/mol. The van der Waals surface area contributed by atoms with E-state index in [9.17, 15) is 14.4 Å². The number of ether oxygens (including phenoxy) is 1. The summed E-state index contributed by atoms with van der Waals surface area (Å²) < 4.78 is 5.11. The van der Waals surface area contributed by atoms with Crippen LogP contribution in [-0.4, -0.2) is 24.8 Å². The number of nitrogens with one attached hydrogen (secondary N) is 2. The van der Waals surface area contributed by atoms with E-state index in [1.54, 1.807) is 79.9 Å². The summed E-state index contributed by atoms with van der Waals surface area (Å²) in [6.07, 6.45) is 0. The molecule has 2 N–H and O–H groups in total. The van der Waals surface area contributed by atoms with Crippen molar-refractivity contribution in [2.24, 2.45) is 0 Å². The van der Waals surface area contributed by atoms with Crippen LogP contribution in [0.5, 0.6) is 5.75 Å². The quantitative estimate of drug-likeness (QED) is 0.481. The molecular weight excluding hydrogens is 465 g/mol. The third-order valence-corrected chi connectivity index (χ3v) is 5.46. The molecule has 0 saturated carbocycles. The molecule has 0 fully saturated rings. The van der Waals surface area contributed by atoms with Gasteiger partial charge in [-0.1, -0.05) is 29.3 Å². The minimum atomic E-state index is -0.653. The van der Waals surface area contributed by atoms with Crippen LogP contribution in [0.4, 0.5) is 17.1 Å². The maximum Gasteiger partial charge on any atom is 0.283 e. The molecule has 0 aliphatic carbocycles. The Hall–Kier alpha value is -3.81. The molecule has 0 aromatic heterocycles. The lowest BCUT2D eigenvalue weighted by Crippen LogP contribution is -2.32. The average molecular weight is 482 g/mol. The Balaban J connectivity index is 1.51. The molecule has 0 saturated heterocycles. The van der Waals surface area contributed by atoms with Crippen molar-refractivity contribution < 1.29 is 19.1 Å². The standard InChI is InChI=1S/C24H17Cl2N3O4/c1-33-19-11-7-16(8-12-19)28-22(30)14-3-2-4-17(13-14)27-21-20(26)23(31)29(24(21)32)18-9-5-15(25)6-10-18/h2-13,27H,1H3,(H,28,30). The molecular formula is C24H17Cl2N3O4. The van der Waals surface area contributed by atoms with Gasteiger partial charge in [0, 0.05) is 22.0 Å². The normalized spacial score (nSPS) is 13.4. The highest BCUT2D eigenvalue weighted by molar-refractivity contribution is 6.53. The molecule has 3 aromatic carbocycles. The van der Waals surface area contributed by atoms with E-state index in [4.69, 9.17) is 27.9 Å². The van der Waals surface area contributed by atoms with Crippen molar-refractivity contribution in [1.29, 1.82) is 0 Å². The third-order valence-electron chi connectivity index (χ3n) is 4.85. The molecule has 0 radical (unpaired) electrons. The van der Waals surface area contributed by atoms with Gasteiger partial charge < -0.3 is 15.4 Å². The van der Waals surface area contributed by atoms with E-state index in [-0.39, 0.29) is 16.6 Å². The van der Waals surface area contributed by atoms with Gasteiger partial charge >= 0.3 is 0 Å². The van der Waals surface area contributed by atoms with E-state index in [1.807, 2.05) is 0 Å². The Morgan fingerprint density at radius 3 is 2.24 bits per heavy atom. The number of carbonyl (C=O) groups excluding carboxylic acids is 3. The van der Waals surface area contributed by atoms with Gasteiger partial charge in [0.25, 0.3) is 17.7 Å². The topological polar surface area (TPSA) is 87.7 Å². The number of amides is 3. The largest absolute Gasteiger partial charge is 0.497 e. The predicted molar refractivity (Wildman–Crippen MR) is 128 cm³/mol. The maximum absolute atomic E-state index is 12.9. The van der Waals surface area contributed by atoms with Crippen molar-refractivity contribution in [3.63, 3.8) is 0 Å². The Labute approximate surface area is 199 Å². The molecule has 4 rings (SSSR count). The van der Waals surface area contributed by atoms with Crippen LogP contribution in [0.15, 0.2) is 83.5 Å². The smallest absolute Gasteiger partial charge is 0.283 e. The molecule has 1 aliphatic heterocycles. The van der Waals surface area contributed by atoms with Crippen LogP contribution in [0.25, 0.3) is 0 Å². The van der Waals surface area contributed by atoms with Crippen LogP contribution in [-0.2, 0) is 9.59 Å². The lowest BCUT2D eigenvalue weighted by atomic mass is 10.1. The van der Waals surface area contributed by atoms with Crippen LogP contribution in [0, 0.1) is 0 Å². The van der Waals surface area contributed by atoms with Gasteiger partial charge in [0.1, 0.15) is 16.5 Å². The van der Waals surface area contributed by atoms with E-state index < -0.39 is 11.8 Å². The minimum absolute atomic E-state index is 0.0793. The molecule has 166 valence electrons. The van der Waals surface area contributed by atoms with Gasteiger partial charge in [0.2, 0.25) is 0 Å². The van der Waals surface area contributed by atoms with Gasteiger partial charge in [-0.2, -0.15) is 0 Å². The molecule has 3 amide bonds. The number of carbonyl (C=O) groups is 3. The summed E-state index contributed by atoms with van der Waals surface area (Å²) >= 11 is 12.1. The first kappa shape index (κ1) is 22.4. The number of benzene rings is 3. The van der Waals surface area contributed by atoms with Gasteiger partial charge in [-0.25, -0.2) is 4.90 Å². The summed E-state index contributed by atoms with van der Waals surface area (Å²) in [5.74, 6) is -0.936. The molecule has 1 aliphatic rings. The summed E-state index contributed by atoms with van der Waals surface area (Å²) in [5, 5.41) is 5.88. The van der Waals surface area contributed by atoms with Gasteiger partial charge in [-0.15, -0.1) is 0 Å². The van der Waals surface area contributed by atoms with E-state index in [2.05, 4.69) is 10.6 Å². The van der Waals surface area contributed by atoms with Gasteiger partial charge in [-0.05, 0) is 66.7 Å². The Bertz CT molecular complexity index is 1270. The zero-order valence-corrected chi connectivity index (χ0v) is 18.8. The second-order valence-corrected chi connectivity index (χ2v) is 7.81. The first-order chi connectivity index (χ1) is 15.9. The number of methoxy groups -OCH3 is 1. The highest BCUT2D eigenvalue weighted by atomic mass is 35.5. The second-order valence-electron chi connectivity index (χ2n) is 7.00. The molecule has 0 atom stereocenters. The minimum Gasteiger partial charge on any atom is -0.497 e. The van der Waals surface area contributed by atoms with E-state index >= 15 is 0 Å². The summed E-state index contributed by atoms with van der Waals surface area (Å²) in [7, 11) is 1.56. The van der Waals surface area contributed by atoms with Crippen LogP contribution in [0.1, 0.15) is 10.4 Å². The number of halogens is 2. The van der Waals surface area contributed by atoms with Crippen molar-refractivity contribution >= 4 is 58.0 Å². The molecule has 7 nitrogen and oxygen atoms in total. The average Bonchev–Trinajstić information content (AvgIpc) is 3.03. The fraction of sp³-hybridized carbons (Fsp3) is 0.0417. The molecule has 33 heavy (non-hydrogen) atoms. The summed E-state index contributed by atoms with van der Waals surface area (Å²) in [4.78, 5) is 39.1. The lowest BCUT2D eigenvalue weighted by Gasteiger charge is -2.15.